The average molecular weight is 331 g/mol. The lowest BCUT2D eigenvalue weighted by atomic mass is 10.5. The van der Waals surface area contributed by atoms with E-state index in [1.54, 1.807) is 0 Å². The molecular formula is C12H14FN3O5S. The lowest BCUT2D eigenvalue weighted by molar-refractivity contribution is -0.144. The summed E-state index contributed by atoms with van der Waals surface area (Å²) in [5.74, 6) is -1.84. The number of thioether (sulfide) groups is 1. The second-order valence-electron chi connectivity index (χ2n) is 4.46. The van der Waals surface area contributed by atoms with E-state index in [4.69, 9.17) is 9.47 Å². The minimum absolute atomic E-state index is 0.0468. The first kappa shape index (κ1) is 16.4. The van der Waals surface area contributed by atoms with Gasteiger partial charge in [0, 0.05) is 19.6 Å². The largest absolute Gasteiger partial charge is 0.462 e. The smallest absolute Gasteiger partial charge is 0.351 e. The fourth-order valence-electron chi connectivity index (χ4n) is 1.77. The van der Waals surface area contributed by atoms with Gasteiger partial charge in [-0.3, -0.25) is 14.2 Å². The predicted molar refractivity (Wildman–Crippen MR) is 75.8 cm³/mol. The Kier molecular flexibility index (Phi) is 5.14. The van der Waals surface area contributed by atoms with Crippen LogP contribution in [0.5, 0.6) is 0 Å². The highest BCUT2D eigenvalue weighted by molar-refractivity contribution is 8.00. The first-order valence-corrected chi connectivity index (χ1v) is 7.38. The van der Waals surface area contributed by atoms with Crippen molar-refractivity contribution in [2.24, 2.45) is 0 Å². The fourth-order valence-corrected chi connectivity index (χ4v) is 2.76. The van der Waals surface area contributed by atoms with E-state index in [0.717, 1.165) is 10.8 Å². The standard InChI is InChI=1S/C12H14FN3O5S/c1-6(17)14-11-8(13)3-16(12(19)15-11)9-5-22-10(21-9)4-20-7(2)18/h3,9-10H,4-5H2,1-2H3,(H,14,15,17,19)/t9-,10+/m0/s1. The van der Waals surface area contributed by atoms with E-state index in [1.807, 2.05) is 0 Å². The van der Waals surface area contributed by atoms with Crippen LogP contribution < -0.4 is 11.0 Å². The van der Waals surface area contributed by atoms with E-state index in [9.17, 15) is 18.8 Å². The topological polar surface area (TPSA) is 99.5 Å². The van der Waals surface area contributed by atoms with Crippen molar-refractivity contribution in [1.82, 2.24) is 9.55 Å². The molecule has 0 aliphatic carbocycles. The predicted octanol–water partition coefficient (Wildman–Crippen LogP) is 0.492. The minimum Gasteiger partial charge on any atom is -0.462 e. The maximum absolute atomic E-state index is 13.8. The van der Waals surface area contributed by atoms with Crippen LogP contribution in [0.2, 0.25) is 0 Å². The lowest BCUT2D eigenvalue weighted by Crippen LogP contribution is -2.30. The molecule has 10 heteroatoms. The molecule has 1 aliphatic heterocycles. The summed E-state index contributed by atoms with van der Waals surface area (Å²) in [5.41, 5.74) is -1.18. The number of nitrogens with one attached hydrogen (secondary N) is 1. The molecular weight excluding hydrogens is 317 g/mol. The molecule has 8 nitrogen and oxygen atoms in total. The summed E-state index contributed by atoms with van der Waals surface area (Å²) in [5, 5.41) is 2.13. The van der Waals surface area contributed by atoms with Crippen molar-refractivity contribution >= 4 is 29.5 Å². The molecule has 0 radical (unpaired) electrons. The number of halogens is 1. The number of hydrogen-bond acceptors (Lipinski definition) is 7. The summed E-state index contributed by atoms with van der Waals surface area (Å²) in [7, 11) is 0. The van der Waals surface area contributed by atoms with Gasteiger partial charge in [0.2, 0.25) is 5.91 Å². The van der Waals surface area contributed by atoms with Crippen LogP contribution in [0.25, 0.3) is 0 Å². The fraction of sp³-hybridized carbons (Fsp3) is 0.500. The molecule has 0 spiro atoms. The maximum atomic E-state index is 13.8. The first-order chi connectivity index (χ1) is 10.4. The Morgan fingerprint density at radius 2 is 2.32 bits per heavy atom. The van der Waals surface area contributed by atoms with Gasteiger partial charge in [-0.25, -0.2) is 9.18 Å². The SMILES string of the molecule is CC(=O)Nc1nc(=O)n([C@@H]2CS[C@H](COC(C)=O)O2)cc1F. The Balaban J connectivity index is 2.10. The molecule has 1 saturated heterocycles. The zero-order chi connectivity index (χ0) is 16.3. The van der Waals surface area contributed by atoms with Gasteiger partial charge < -0.3 is 14.8 Å². The van der Waals surface area contributed by atoms with Gasteiger partial charge in [-0.05, 0) is 0 Å². The summed E-state index contributed by atoms with van der Waals surface area (Å²) in [6.45, 7) is 2.51. The van der Waals surface area contributed by atoms with Crippen LogP contribution in [0.15, 0.2) is 11.0 Å². The molecule has 2 heterocycles. The van der Waals surface area contributed by atoms with Crippen molar-refractivity contribution in [2.75, 3.05) is 17.7 Å². The van der Waals surface area contributed by atoms with E-state index in [-0.39, 0.29) is 6.61 Å². The molecule has 0 aromatic carbocycles. The zero-order valence-corrected chi connectivity index (χ0v) is 12.7. The molecule has 0 bridgehead atoms. The second-order valence-corrected chi connectivity index (χ2v) is 5.66. The van der Waals surface area contributed by atoms with Crippen LogP contribution in [0, 0.1) is 5.82 Å². The zero-order valence-electron chi connectivity index (χ0n) is 11.9. The molecule has 22 heavy (non-hydrogen) atoms. The van der Waals surface area contributed by atoms with Gasteiger partial charge in [-0.1, -0.05) is 0 Å². The quantitative estimate of drug-likeness (QED) is 0.802. The highest BCUT2D eigenvalue weighted by atomic mass is 32.2. The van der Waals surface area contributed by atoms with Gasteiger partial charge in [0.15, 0.2) is 11.6 Å². The summed E-state index contributed by atoms with van der Waals surface area (Å²) in [4.78, 5) is 37.0. The van der Waals surface area contributed by atoms with Crippen LogP contribution in [-0.4, -0.2) is 39.2 Å². The Bertz CT molecular complexity index is 650. The third-order valence-electron chi connectivity index (χ3n) is 2.67. The molecule has 2 rings (SSSR count). The number of ether oxygens (including phenoxy) is 2. The molecule has 1 aliphatic rings. The Labute approximate surface area is 129 Å². The summed E-state index contributed by atoms with van der Waals surface area (Å²) in [6.07, 6.45) is 0.214. The van der Waals surface area contributed by atoms with E-state index >= 15 is 0 Å². The van der Waals surface area contributed by atoms with Gasteiger partial charge in [0.05, 0.1) is 6.20 Å². The number of hydrogen-bond donors (Lipinski definition) is 1. The van der Waals surface area contributed by atoms with Gasteiger partial charge in [0.1, 0.15) is 18.3 Å². The lowest BCUT2D eigenvalue weighted by Gasteiger charge is -2.15. The van der Waals surface area contributed by atoms with Gasteiger partial charge in [-0.2, -0.15) is 4.98 Å². The number of anilines is 1. The number of amides is 1. The third kappa shape index (κ3) is 4.04. The van der Waals surface area contributed by atoms with Crippen molar-refractivity contribution in [1.29, 1.82) is 0 Å². The summed E-state index contributed by atoms with van der Waals surface area (Å²) in [6, 6.07) is 0. The number of carbonyl (C=O) groups excluding carboxylic acids is 2. The normalized spacial score (nSPS) is 20.7. The van der Waals surface area contributed by atoms with Gasteiger partial charge >= 0.3 is 11.7 Å². The Morgan fingerprint density at radius 1 is 1.59 bits per heavy atom. The van der Waals surface area contributed by atoms with Crippen molar-refractivity contribution in [3.8, 4) is 0 Å². The van der Waals surface area contributed by atoms with Gasteiger partial charge in [-0.15, -0.1) is 11.8 Å². The molecule has 1 fully saturated rings. The van der Waals surface area contributed by atoms with Crippen molar-refractivity contribution in [2.45, 2.75) is 25.5 Å². The van der Waals surface area contributed by atoms with Crippen molar-refractivity contribution < 1.29 is 23.5 Å². The summed E-state index contributed by atoms with van der Waals surface area (Å²) < 4.78 is 25.2. The number of rotatable bonds is 4. The highest BCUT2D eigenvalue weighted by Gasteiger charge is 2.29. The summed E-state index contributed by atoms with van der Waals surface area (Å²) >= 11 is 1.34. The van der Waals surface area contributed by atoms with Crippen LogP contribution >= 0.6 is 11.8 Å². The van der Waals surface area contributed by atoms with Crippen molar-refractivity contribution in [3.05, 3.63) is 22.5 Å². The molecule has 1 aromatic heterocycles. The Morgan fingerprint density at radius 3 is 2.95 bits per heavy atom. The number of nitrogens with zero attached hydrogens (tertiary/aromatic N) is 2. The number of carbonyl (C=O) groups is 2. The number of aromatic nitrogens is 2. The van der Waals surface area contributed by atoms with Crippen molar-refractivity contribution in [3.63, 3.8) is 0 Å². The molecule has 2 atom stereocenters. The second kappa shape index (κ2) is 6.88. The van der Waals surface area contributed by atoms with Crippen LogP contribution in [0.4, 0.5) is 10.2 Å². The van der Waals surface area contributed by atoms with E-state index in [1.165, 1.54) is 25.6 Å². The first-order valence-electron chi connectivity index (χ1n) is 6.33. The molecule has 0 unspecified atom stereocenters. The van der Waals surface area contributed by atoms with Gasteiger partial charge in [0.25, 0.3) is 0 Å². The third-order valence-corrected chi connectivity index (χ3v) is 3.76. The van der Waals surface area contributed by atoms with Crippen LogP contribution in [-0.2, 0) is 19.1 Å². The number of esters is 1. The monoisotopic (exact) mass is 331 g/mol. The van der Waals surface area contributed by atoms with Crippen LogP contribution in [0.1, 0.15) is 20.1 Å². The minimum atomic E-state index is -0.841. The molecule has 1 N–H and O–H groups in total. The molecule has 120 valence electrons. The van der Waals surface area contributed by atoms with Crippen LogP contribution in [0.3, 0.4) is 0 Å². The van der Waals surface area contributed by atoms with E-state index in [0.29, 0.717) is 5.75 Å². The molecule has 0 saturated carbocycles. The van der Waals surface area contributed by atoms with E-state index < -0.39 is 40.9 Å². The molecule has 1 aromatic rings. The van der Waals surface area contributed by atoms with E-state index in [2.05, 4.69) is 10.3 Å². The molecule has 1 amide bonds. The highest BCUT2D eigenvalue weighted by Crippen LogP contribution is 2.31. The maximum Gasteiger partial charge on any atom is 0.351 e. The Hall–Kier alpha value is -1.94. The average Bonchev–Trinajstić information content (AvgIpc) is 2.88.